The Morgan fingerprint density at radius 3 is 2.46 bits per heavy atom. The summed E-state index contributed by atoms with van der Waals surface area (Å²) in [5.74, 6) is 0.262. The second-order valence-corrected chi connectivity index (χ2v) is 6.26. The molecule has 0 spiro atoms. The molecule has 0 saturated heterocycles. The van der Waals surface area contributed by atoms with Gasteiger partial charge in [-0.2, -0.15) is 0 Å². The van der Waals surface area contributed by atoms with Crippen LogP contribution in [0.5, 0.6) is 11.5 Å². The van der Waals surface area contributed by atoms with Crippen LogP contribution in [0.4, 0.5) is 0 Å². The van der Waals surface area contributed by atoms with Crippen LogP contribution in [0.2, 0.25) is 0 Å². The second-order valence-electron chi connectivity index (χ2n) is 6.26. The fraction of sp³-hybridized carbons (Fsp3) is 0.273. The molecule has 0 amide bonds. The molecule has 3 aromatic rings. The molecule has 0 saturated carbocycles. The molecule has 0 unspecified atom stereocenters. The maximum absolute atomic E-state index is 10.6. The molecule has 6 nitrogen and oxygen atoms in total. The van der Waals surface area contributed by atoms with Gasteiger partial charge in [0, 0.05) is 23.6 Å². The van der Waals surface area contributed by atoms with Crippen molar-refractivity contribution in [3.63, 3.8) is 0 Å². The first-order valence-electron chi connectivity index (χ1n) is 9.14. The largest absolute Gasteiger partial charge is 0.491 e. The molecule has 0 aliphatic carbocycles. The Labute approximate surface area is 163 Å². The quantitative estimate of drug-likeness (QED) is 0.563. The highest BCUT2D eigenvalue weighted by atomic mass is 16.5. The van der Waals surface area contributed by atoms with Crippen LogP contribution < -0.4 is 9.47 Å². The predicted octanol–water partition coefficient (Wildman–Crippen LogP) is 4.09. The van der Waals surface area contributed by atoms with Crippen LogP contribution in [0.1, 0.15) is 12.5 Å². The number of carboxylic acid groups (broad SMARTS) is 1. The summed E-state index contributed by atoms with van der Waals surface area (Å²) >= 11 is 0. The summed E-state index contributed by atoms with van der Waals surface area (Å²) in [6, 6.07) is 15.1. The van der Waals surface area contributed by atoms with Crippen molar-refractivity contribution in [1.82, 2.24) is 4.98 Å². The summed E-state index contributed by atoms with van der Waals surface area (Å²) in [6.45, 7) is 5.36. The number of aromatic nitrogens is 1. The van der Waals surface area contributed by atoms with E-state index in [-0.39, 0.29) is 6.61 Å². The third-order valence-corrected chi connectivity index (χ3v) is 4.20. The number of fused-ring (bicyclic) bond motifs is 1. The maximum atomic E-state index is 10.6. The Balaban J connectivity index is 1.82. The van der Waals surface area contributed by atoms with Crippen LogP contribution in [-0.4, -0.2) is 42.5 Å². The zero-order valence-corrected chi connectivity index (χ0v) is 16.0. The molecule has 146 valence electrons. The third-order valence-electron chi connectivity index (χ3n) is 4.20. The van der Waals surface area contributed by atoms with Gasteiger partial charge in [0.2, 0.25) is 0 Å². The zero-order chi connectivity index (χ0) is 19.9. The van der Waals surface area contributed by atoms with Crippen molar-refractivity contribution in [3.8, 4) is 22.8 Å². The molecule has 2 aromatic carbocycles. The van der Waals surface area contributed by atoms with Crippen LogP contribution in [-0.2, 0) is 9.53 Å². The molecule has 0 aliphatic heterocycles. The molecule has 1 aromatic heterocycles. The molecule has 1 N–H and O–H groups in total. The summed E-state index contributed by atoms with van der Waals surface area (Å²) in [4.78, 5) is 15.4. The van der Waals surface area contributed by atoms with Crippen LogP contribution in [0.15, 0.2) is 48.5 Å². The van der Waals surface area contributed by atoms with Crippen LogP contribution in [0.25, 0.3) is 22.2 Å². The Hall–Kier alpha value is -3.12. The minimum atomic E-state index is -1.00. The minimum absolute atomic E-state index is 0.362. The maximum Gasteiger partial charge on any atom is 0.341 e. The van der Waals surface area contributed by atoms with E-state index in [0.29, 0.717) is 25.6 Å². The van der Waals surface area contributed by atoms with Gasteiger partial charge in [0.15, 0.2) is 6.61 Å². The number of rotatable bonds is 9. The number of carboxylic acids is 1. The van der Waals surface area contributed by atoms with Gasteiger partial charge in [0.25, 0.3) is 0 Å². The summed E-state index contributed by atoms with van der Waals surface area (Å²) in [7, 11) is 0. The van der Waals surface area contributed by atoms with E-state index in [1.807, 2.05) is 50.2 Å². The van der Waals surface area contributed by atoms with Crippen molar-refractivity contribution in [3.05, 3.63) is 54.1 Å². The zero-order valence-electron chi connectivity index (χ0n) is 16.0. The van der Waals surface area contributed by atoms with Gasteiger partial charge in [0.05, 0.1) is 17.8 Å². The summed E-state index contributed by atoms with van der Waals surface area (Å²) < 4.78 is 16.2. The minimum Gasteiger partial charge on any atom is -0.491 e. The highest BCUT2D eigenvalue weighted by Crippen LogP contribution is 2.28. The molecular weight excluding hydrogens is 358 g/mol. The van der Waals surface area contributed by atoms with E-state index < -0.39 is 5.97 Å². The molecule has 0 aliphatic rings. The SMILES string of the molecule is CCOCCOc1ccc2c(C)cc(-c3ccc(OCC(=O)O)cc3)nc2c1. The van der Waals surface area contributed by atoms with Gasteiger partial charge >= 0.3 is 5.97 Å². The van der Waals surface area contributed by atoms with Gasteiger partial charge in [-0.1, -0.05) is 0 Å². The molecule has 0 atom stereocenters. The average Bonchev–Trinajstić information content (AvgIpc) is 2.70. The van der Waals surface area contributed by atoms with Crippen molar-refractivity contribution in [2.24, 2.45) is 0 Å². The number of pyridine rings is 1. The Morgan fingerprint density at radius 2 is 1.75 bits per heavy atom. The second kappa shape index (κ2) is 9.19. The lowest BCUT2D eigenvalue weighted by Crippen LogP contribution is -2.09. The van der Waals surface area contributed by atoms with Gasteiger partial charge in [-0.05, 0) is 61.9 Å². The first-order valence-corrected chi connectivity index (χ1v) is 9.14. The number of hydrogen-bond donors (Lipinski definition) is 1. The number of aryl methyl sites for hydroxylation is 1. The molecule has 0 fully saturated rings. The molecular formula is C22H23NO5. The lowest BCUT2D eigenvalue weighted by Gasteiger charge is -2.10. The van der Waals surface area contributed by atoms with E-state index in [9.17, 15) is 4.79 Å². The molecule has 3 rings (SSSR count). The number of ether oxygens (including phenoxy) is 3. The lowest BCUT2D eigenvalue weighted by molar-refractivity contribution is -0.139. The summed E-state index contributed by atoms with van der Waals surface area (Å²) in [5, 5.41) is 9.76. The van der Waals surface area contributed by atoms with Crippen molar-refractivity contribution in [2.75, 3.05) is 26.4 Å². The van der Waals surface area contributed by atoms with Crippen LogP contribution in [0, 0.1) is 6.92 Å². The lowest BCUT2D eigenvalue weighted by atomic mass is 10.0. The number of hydrogen-bond acceptors (Lipinski definition) is 5. The monoisotopic (exact) mass is 381 g/mol. The Bertz CT molecular complexity index is 953. The van der Waals surface area contributed by atoms with Crippen molar-refractivity contribution >= 4 is 16.9 Å². The predicted molar refractivity (Wildman–Crippen MR) is 107 cm³/mol. The van der Waals surface area contributed by atoms with Crippen LogP contribution >= 0.6 is 0 Å². The smallest absolute Gasteiger partial charge is 0.341 e. The first kappa shape index (κ1) is 19.6. The summed E-state index contributed by atoms with van der Waals surface area (Å²) in [5.41, 5.74) is 3.73. The van der Waals surface area contributed by atoms with E-state index in [2.05, 4.69) is 0 Å². The number of aliphatic carboxylic acids is 1. The average molecular weight is 381 g/mol. The van der Waals surface area contributed by atoms with Gasteiger partial charge < -0.3 is 19.3 Å². The third kappa shape index (κ3) is 4.98. The van der Waals surface area contributed by atoms with E-state index in [4.69, 9.17) is 24.3 Å². The van der Waals surface area contributed by atoms with Gasteiger partial charge in [-0.25, -0.2) is 9.78 Å². The highest BCUT2D eigenvalue weighted by Gasteiger charge is 2.08. The molecule has 0 bridgehead atoms. The fourth-order valence-corrected chi connectivity index (χ4v) is 2.85. The topological polar surface area (TPSA) is 77.9 Å². The normalized spacial score (nSPS) is 10.8. The first-order chi connectivity index (χ1) is 13.6. The summed E-state index contributed by atoms with van der Waals surface area (Å²) in [6.07, 6.45) is 0. The molecule has 6 heteroatoms. The van der Waals surface area contributed by atoms with Crippen molar-refractivity contribution < 1.29 is 24.1 Å². The van der Waals surface area contributed by atoms with E-state index in [1.165, 1.54) is 0 Å². The van der Waals surface area contributed by atoms with Crippen molar-refractivity contribution in [2.45, 2.75) is 13.8 Å². The number of nitrogens with zero attached hydrogens (tertiary/aromatic N) is 1. The molecule has 0 radical (unpaired) electrons. The van der Waals surface area contributed by atoms with E-state index in [0.717, 1.165) is 33.5 Å². The van der Waals surface area contributed by atoms with Gasteiger partial charge in [-0.15, -0.1) is 0 Å². The Kier molecular flexibility index (Phi) is 6.45. The number of carbonyl (C=O) groups is 1. The van der Waals surface area contributed by atoms with Gasteiger partial charge in [-0.3, -0.25) is 0 Å². The van der Waals surface area contributed by atoms with E-state index >= 15 is 0 Å². The van der Waals surface area contributed by atoms with Crippen LogP contribution in [0.3, 0.4) is 0 Å². The Morgan fingerprint density at radius 1 is 1.00 bits per heavy atom. The van der Waals surface area contributed by atoms with Crippen molar-refractivity contribution in [1.29, 1.82) is 0 Å². The highest BCUT2D eigenvalue weighted by molar-refractivity contribution is 5.86. The van der Waals surface area contributed by atoms with Gasteiger partial charge in [0.1, 0.15) is 18.1 Å². The molecule has 28 heavy (non-hydrogen) atoms. The standard InChI is InChI=1S/C22H23NO5/c1-3-26-10-11-27-18-8-9-19-15(2)12-20(23-21(19)13-18)16-4-6-17(7-5-16)28-14-22(24)25/h4-9,12-13H,3,10-11,14H2,1-2H3,(H,24,25). The number of benzene rings is 2. The fourth-order valence-electron chi connectivity index (χ4n) is 2.85. The van der Waals surface area contributed by atoms with E-state index in [1.54, 1.807) is 12.1 Å². The molecule has 1 heterocycles.